The van der Waals surface area contributed by atoms with Crippen LogP contribution < -0.4 is 16.4 Å². The normalized spacial score (nSPS) is 27.7. The van der Waals surface area contributed by atoms with Crippen LogP contribution in [-0.2, 0) is 0 Å². The third-order valence-corrected chi connectivity index (χ3v) is 2.77. The van der Waals surface area contributed by atoms with Gasteiger partial charge >= 0.3 is 0 Å². The van der Waals surface area contributed by atoms with Crippen LogP contribution in [0, 0.1) is 0 Å². The fraction of sp³-hybridized carbons (Fsp3) is 0.455. The van der Waals surface area contributed by atoms with Crippen molar-refractivity contribution < 1.29 is 0 Å². The van der Waals surface area contributed by atoms with E-state index in [-0.39, 0.29) is 12.3 Å². The van der Waals surface area contributed by atoms with Gasteiger partial charge in [-0.25, -0.2) is 0 Å². The summed E-state index contributed by atoms with van der Waals surface area (Å²) in [6.45, 7) is 0. The molecule has 1 aliphatic heterocycles. The molecule has 1 aromatic rings. The molecule has 14 heavy (non-hydrogen) atoms. The Kier molecular flexibility index (Phi) is 2.70. The Balaban J connectivity index is 2.23. The lowest BCUT2D eigenvalue weighted by atomic mass is 10.0. The molecule has 1 fully saturated rings. The zero-order valence-corrected chi connectivity index (χ0v) is 8.26. The van der Waals surface area contributed by atoms with Gasteiger partial charge in [0.25, 0.3) is 0 Å². The van der Waals surface area contributed by atoms with Crippen LogP contribution in [0.25, 0.3) is 0 Å². The quantitative estimate of drug-likeness (QED) is 0.702. The maximum atomic E-state index is 6.05. The Morgan fingerprint density at radius 2 is 1.57 bits per heavy atom. The molecule has 3 heteroatoms. The fourth-order valence-electron chi connectivity index (χ4n) is 2.04. The number of rotatable bonds is 1. The molecule has 0 saturated carbocycles. The van der Waals surface area contributed by atoms with Gasteiger partial charge in [-0.05, 0) is 31.4 Å². The largest absolute Gasteiger partial charge is 0.341 e. The lowest BCUT2D eigenvalue weighted by Crippen LogP contribution is -2.55. The van der Waals surface area contributed by atoms with Crippen molar-refractivity contribution in [2.45, 2.75) is 31.6 Å². The number of benzene rings is 1. The van der Waals surface area contributed by atoms with Gasteiger partial charge in [0.1, 0.15) is 0 Å². The lowest BCUT2D eigenvalue weighted by Gasteiger charge is -2.40. The molecule has 1 heterocycles. The maximum absolute atomic E-state index is 6.05. The predicted molar refractivity (Wildman–Crippen MR) is 58.7 cm³/mol. The molecule has 2 unspecified atom stereocenters. The van der Waals surface area contributed by atoms with Crippen LogP contribution in [0.15, 0.2) is 30.3 Å². The molecular weight excluding hydrogens is 174 g/mol. The molecular formula is C11H17N3. The molecule has 0 aromatic heterocycles. The summed E-state index contributed by atoms with van der Waals surface area (Å²) >= 11 is 0. The van der Waals surface area contributed by atoms with Gasteiger partial charge in [0.2, 0.25) is 0 Å². The molecule has 76 valence electrons. The van der Waals surface area contributed by atoms with Crippen LogP contribution >= 0.6 is 0 Å². The summed E-state index contributed by atoms with van der Waals surface area (Å²) in [4.78, 5) is 2.11. The summed E-state index contributed by atoms with van der Waals surface area (Å²) in [6.07, 6.45) is 3.33. The van der Waals surface area contributed by atoms with E-state index in [1.165, 1.54) is 0 Å². The molecule has 0 spiro atoms. The highest BCUT2D eigenvalue weighted by molar-refractivity contribution is 5.48. The molecule has 0 bridgehead atoms. The highest BCUT2D eigenvalue weighted by Crippen LogP contribution is 2.24. The SMILES string of the molecule is NC1CCCC(N)N1c1ccccc1. The van der Waals surface area contributed by atoms with E-state index in [1.54, 1.807) is 0 Å². The maximum Gasteiger partial charge on any atom is 0.0786 e. The van der Waals surface area contributed by atoms with Crippen molar-refractivity contribution in [3.8, 4) is 0 Å². The number of hydrogen-bond acceptors (Lipinski definition) is 3. The van der Waals surface area contributed by atoms with E-state index < -0.39 is 0 Å². The first-order chi connectivity index (χ1) is 6.79. The zero-order valence-electron chi connectivity index (χ0n) is 8.26. The third kappa shape index (κ3) is 1.74. The molecule has 4 N–H and O–H groups in total. The van der Waals surface area contributed by atoms with Crippen LogP contribution in [0.5, 0.6) is 0 Å². The van der Waals surface area contributed by atoms with Gasteiger partial charge in [0.15, 0.2) is 0 Å². The summed E-state index contributed by atoms with van der Waals surface area (Å²) in [7, 11) is 0. The molecule has 0 amide bonds. The minimum Gasteiger partial charge on any atom is -0.341 e. The van der Waals surface area contributed by atoms with E-state index >= 15 is 0 Å². The molecule has 2 atom stereocenters. The predicted octanol–water partition coefficient (Wildman–Crippen LogP) is 1.25. The van der Waals surface area contributed by atoms with Crippen molar-refractivity contribution >= 4 is 5.69 Å². The minimum atomic E-state index is 0.0705. The van der Waals surface area contributed by atoms with Gasteiger partial charge in [-0.3, -0.25) is 0 Å². The Hall–Kier alpha value is -1.06. The molecule has 0 radical (unpaired) electrons. The molecule has 1 saturated heterocycles. The number of nitrogens with two attached hydrogens (primary N) is 2. The Morgan fingerprint density at radius 3 is 2.14 bits per heavy atom. The number of anilines is 1. The van der Waals surface area contributed by atoms with E-state index in [1.807, 2.05) is 18.2 Å². The third-order valence-electron chi connectivity index (χ3n) is 2.77. The minimum absolute atomic E-state index is 0.0705. The molecule has 1 aliphatic rings. The Bertz CT molecular complexity index is 276. The van der Waals surface area contributed by atoms with Crippen LogP contribution in [0.1, 0.15) is 19.3 Å². The molecule has 0 aliphatic carbocycles. The summed E-state index contributed by atoms with van der Waals surface area (Å²) < 4.78 is 0. The van der Waals surface area contributed by atoms with E-state index in [4.69, 9.17) is 11.5 Å². The standard InChI is InChI=1S/C11H17N3/c12-10-7-4-8-11(13)14(10)9-5-2-1-3-6-9/h1-3,5-6,10-11H,4,7-8,12-13H2. The van der Waals surface area contributed by atoms with Crippen LogP contribution in [0.4, 0.5) is 5.69 Å². The zero-order chi connectivity index (χ0) is 9.97. The smallest absolute Gasteiger partial charge is 0.0786 e. The second-order valence-electron chi connectivity index (χ2n) is 3.81. The number of para-hydroxylation sites is 1. The average Bonchev–Trinajstić information content (AvgIpc) is 2.19. The van der Waals surface area contributed by atoms with Gasteiger partial charge in [0.05, 0.1) is 12.3 Å². The number of hydrogen-bond donors (Lipinski definition) is 2. The van der Waals surface area contributed by atoms with Gasteiger partial charge in [-0.15, -0.1) is 0 Å². The first kappa shape index (κ1) is 9.49. The fourth-order valence-corrected chi connectivity index (χ4v) is 2.04. The average molecular weight is 191 g/mol. The molecule has 1 aromatic carbocycles. The summed E-state index contributed by atoms with van der Waals surface area (Å²) in [5.74, 6) is 0. The highest BCUT2D eigenvalue weighted by Gasteiger charge is 2.25. The van der Waals surface area contributed by atoms with E-state index in [2.05, 4.69) is 17.0 Å². The molecule has 3 nitrogen and oxygen atoms in total. The lowest BCUT2D eigenvalue weighted by molar-refractivity contribution is 0.393. The molecule has 2 rings (SSSR count). The van der Waals surface area contributed by atoms with Gasteiger partial charge in [-0.2, -0.15) is 0 Å². The topological polar surface area (TPSA) is 55.3 Å². The van der Waals surface area contributed by atoms with E-state index in [0.717, 1.165) is 24.9 Å². The van der Waals surface area contributed by atoms with Crippen LogP contribution in [-0.4, -0.2) is 12.3 Å². The van der Waals surface area contributed by atoms with Crippen molar-refractivity contribution in [1.29, 1.82) is 0 Å². The van der Waals surface area contributed by atoms with Crippen molar-refractivity contribution in [2.75, 3.05) is 4.90 Å². The second-order valence-corrected chi connectivity index (χ2v) is 3.81. The van der Waals surface area contributed by atoms with Crippen molar-refractivity contribution in [2.24, 2.45) is 11.5 Å². The monoisotopic (exact) mass is 191 g/mol. The van der Waals surface area contributed by atoms with Crippen LogP contribution in [0.2, 0.25) is 0 Å². The van der Waals surface area contributed by atoms with Crippen molar-refractivity contribution in [1.82, 2.24) is 0 Å². The Labute approximate surface area is 84.7 Å². The van der Waals surface area contributed by atoms with E-state index in [0.29, 0.717) is 0 Å². The van der Waals surface area contributed by atoms with Gasteiger partial charge in [0, 0.05) is 5.69 Å². The summed E-state index contributed by atoms with van der Waals surface area (Å²) in [5, 5.41) is 0. The van der Waals surface area contributed by atoms with Crippen molar-refractivity contribution in [3.63, 3.8) is 0 Å². The van der Waals surface area contributed by atoms with E-state index in [9.17, 15) is 0 Å². The van der Waals surface area contributed by atoms with Gasteiger partial charge < -0.3 is 16.4 Å². The Morgan fingerprint density at radius 1 is 1.00 bits per heavy atom. The summed E-state index contributed by atoms with van der Waals surface area (Å²) in [6, 6.07) is 10.2. The summed E-state index contributed by atoms with van der Waals surface area (Å²) in [5.41, 5.74) is 13.2. The van der Waals surface area contributed by atoms with Crippen molar-refractivity contribution in [3.05, 3.63) is 30.3 Å². The number of piperidine rings is 1. The first-order valence-electron chi connectivity index (χ1n) is 5.13. The van der Waals surface area contributed by atoms with Gasteiger partial charge in [-0.1, -0.05) is 18.2 Å². The first-order valence-corrected chi connectivity index (χ1v) is 5.13. The number of nitrogens with zero attached hydrogens (tertiary/aromatic N) is 1. The highest BCUT2D eigenvalue weighted by atomic mass is 15.3. The second kappa shape index (κ2) is 3.98. The van der Waals surface area contributed by atoms with Crippen LogP contribution in [0.3, 0.4) is 0 Å².